The predicted molar refractivity (Wildman–Crippen MR) is 100 cm³/mol. The minimum atomic E-state index is -0.794. The first-order chi connectivity index (χ1) is 13.0. The number of aliphatic hydroxyl groups excluding tert-OH is 1. The highest BCUT2D eigenvalue weighted by Gasteiger charge is 2.40. The summed E-state index contributed by atoms with van der Waals surface area (Å²) in [6.07, 6.45) is 1.71. The summed E-state index contributed by atoms with van der Waals surface area (Å²) < 4.78 is 5.13. The van der Waals surface area contributed by atoms with E-state index in [1.165, 1.54) is 24.3 Å². The number of rotatable bonds is 6. The molecular formula is C21H19NO5. The van der Waals surface area contributed by atoms with E-state index in [0.29, 0.717) is 17.7 Å². The average molecular weight is 365 g/mol. The van der Waals surface area contributed by atoms with Gasteiger partial charge >= 0.3 is 11.9 Å². The zero-order valence-corrected chi connectivity index (χ0v) is 14.8. The Hall–Kier alpha value is -3.41. The average Bonchev–Trinajstić information content (AvgIpc) is 2.91. The Kier molecular flexibility index (Phi) is 5.35. The van der Waals surface area contributed by atoms with Crippen molar-refractivity contribution in [3.05, 3.63) is 71.5 Å². The molecule has 2 aromatic rings. The number of imide groups is 1. The third-order valence-electron chi connectivity index (χ3n) is 4.21. The highest BCUT2D eigenvalue weighted by Crippen LogP contribution is 2.31. The number of hydrogen-bond donors (Lipinski definition) is 1. The van der Waals surface area contributed by atoms with Crippen LogP contribution in [-0.4, -0.2) is 29.5 Å². The van der Waals surface area contributed by atoms with Crippen molar-refractivity contribution in [2.45, 2.75) is 19.8 Å². The summed E-state index contributed by atoms with van der Waals surface area (Å²) in [5.74, 6) is -2.45. The molecule has 1 aliphatic heterocycles. The van der Waals surface area contributed by atoms with Gasteiger partial charge in [-0.05, 0) is 36.2 Å². The molecular weight excluding hydrogens is 346 g/mol. The first-order valence-electron chi connectivity index (χ1n) is 8.69. The summed E-state index contributed by atoms with van der Waals surface area (Å²) in [4.78, 5) is 38.0. The molecule has 2 amide bonds. The molecule has 6 nitrogen and oxygen atoms in total. The second-order valence-electron chi connectivity index (χ2n) is 6.07. The number of carbonyl (C=O) groups is 3. The van der Waals surface area contributed by atoms with E-state index in [4.69, 9.17) is 4.74 Å². The summed E-state index contributed by atoms with van der Waals surface area (Å²) in [5, 5.41) is 10.2. The van der Waals surface area contributed by atoms with Gasteiger partial charge in [0.1, 0.15) is 0 Å². The first-order valence-corrected chi connectivity index (χ1v) is 8.69. The SMILES string of the molecule is CCCCOC(=O)c1ccc(N2C(=O)C(O)=C(c3ccccc3)C2=O)cc1. The zero-order chi connectivity index (χ0) is 19.4. The van der Waals surface area contributed by atoms with Crippen LogP contribution in [0.5, 0.6) is 0 Å². The monoisotopic (exact) mass is 365 g/mol. The van der Waals surface area contributed by atoms with Crippen LogP contribution < -0.4 is 4.90 Å². The number of hydrogen-bond acceptors (Lipinski definition) is 5. The Bertz CT molecular complexity index is 900. The maximum Gasteiger partial charge on any atom is 0.338 e. The van der Waals surface area contributed by atoms with E-state index in [0.717, 1.165) is 17.7 Å². The van der Waals surface area contributed by atoms with Crippen molar-refractivity contribution in [3.8, 4) is 0 Å². The minimum Gasteiger partial charge on any atom is -0.502 e. The van der Waals surface area contributed by atoms with Gasteiger partial charge < -0.3 is 9.84 Å². The second kappa shape index (κ2) is 7.86. The molecule has 0 aromatic heterocycles. The number of benzene rings is 2. The molecule has 0 radical (unpaired) electrons. The largest absolute Gasteiger partial charge is 0.502 e. The van der Waals surface area contributed by atoms with E-state index in [9.17, 15) is 19.5 Å². The van der Waals surface area contributed by atoms with Crippen LogP contribution in [0.25, 0.3) is 5.57 Å². The molecule has 2 aromatic carbocycles. The van der Waals surface area contributed by atoms with Gasteiger partial charge in [0, 0.05) is 0 Å². The topological polar surface area (TPSA) is 83.9 Å². The molecule has 0 unspecified atom stereocenters. The number of nitrogens with zero attached hydrogens (tertiary/aromatic N) is 1. The van der Waals surface area contributed by atoms with Crippen LogP contribution in [0.3, 0.4) is 0 Å². The molecule has 0 spiro atoms. The van der Waals surface area contributed by atoms with Gasteiger partial charge in [-0.1, -0.05) is 43.7 Å². The fraction of sp³-hybridized carbons (Fsp3) is 0.190. The van der Waals surface area contributed by atoms with Gasteiger partial charge in [-0.2, -0.15) is 0 Å². The van der Waals surface area contributed by atoms with Crippen molar-refractivity contribution in [2.24, 2.45) is 0 Å². The maximum absolute atomic E-state index is 12.7. The van der Waals surface area contributed by atoms with Gasteiger partial charge in [0.25, 0.3) is 5.91 Å². The summed E-state index contributed by atoms with van der Waals surface area (Å²) >= 11 is 0. The van der Waals surface area contributed by atoms with E-state index in [1.807, 2.05) is 6.92 Å². The Morgan fingerprint density at radius 2 is 1.67 bits per heavy atom. The maximum atomic E-state index is 12.7. The summed E-state index contributed by atoms with van der Waals surface area (Å²) in [6, 6.07) is 14.4. The van der Waals surface area contributed by atoms with E-state index in [1.54, 1.807) is 30.3 Å². The minimum absolute atomic E-state index is 0.0383. The molecule has 0 bridgehead atoms. The molecule has 1 N–H and O–H groups in total. The lowest BCUT2D eigenvalue weighted by molar-refractivity contribution is -0.121. The van der Waals surface area contributed by atoms with Crippen LogP contribution in [0.15, 0.2) is 60.4 Å². The highest BCUT2D eigenvalue weighted by molar-refractivity contribution is 6.44. The van der Waals surface area contributed by atoms with Gasteiger partial charge in [-0.25, -0.2) is 9.69 Å². The zero-order valence-electron chi connectivity index (χ0n) is 14.8. The molecule has 0 saturated carbocycles. The lowest BCUT2D eigenvalue weighted by Crippen LogP contribution is -2.31. The molecule has 0 aliphatic carbocycles. The number of carbonyl (C=O) groups excluding carboxylic acids is 3. The van der Waals surface area contributed by atoms with Crippen LogP contribution in [0.1, 0.15) is 35.7 Å². The quantitative estimate of drug-likeness (QED) is 0.481. The van der Waals surface area contributed by atoms with Crippen LogP contribution >= 0.6 is 0 Å². The van der Waals surface area contributed by atoms with Crippen LogP contribution in [0.2, 0.25) is 0 Å². The van der Waals surface area contributed by atoms with Gasteiger partial charge in [0.05, 0.1) is 23.4 Å². The molecule has 3 rings (SSSR count). The van der Waals surface area contributed by atoms with Gasteiger partial charge in [0.2, 0.25) is 0 Å². The molecule has 0 saturated heterocycles. The lowest BCUT2D eigenvalue weighted by atomic mass is 10.1. The Morgan fingerprint density at radius 3 is 2.30 bits per heavy atom. The fourth-order valence-electron chi connectivity index (χ4n) is 2.76. The number of amides is 2. The van der Waals surface area contributed by atoms with E-state index in [-0.39, 0.29) is 11.3 Å². The molecule has 138 valence electrons. The van der Waals surface area contributed by atoms with Crippen molar-refractivity contribution in [3.63, 3.8) is 0 Å². The number of esters is 1. The molecule has 1 heterocycles. The fourth-order valence-corrected chi connectivity index (χ4v) is 2.76. The predicted octanol–water partition coefficient (Wildman–Crippen LogP) is 3.49. The third kappa shape index (κ3) is 3.60. The Labute approximate surface area is 156 Å². The number of ether oxygens (including phenoxy) is 1. The third-order valence-corrected chi connectivity index (χ3v) is 4.21. The van der Waals surface area contributed by atoms with E-state index < -0.39 is 23.5 Å². The molecule has 27 heavy (non-hydrogen) atoms. The van der Waals surface area contributed by atoms with Gasteiger partial charge in [0.15, 0.2) is 5.76 Å². The standard InChI is InChI=1S/C21H19NO5/c1-2-3-13-27-21(26)15-9-11-16(12-10-15)22-19(24)17(18(23)20(22)25)14-7-5-4-6-8-14/h4-12,23H,2-3,13H2,1H3. The molecule has 0 fully saturated rings. The molecule has 0 atom stereocenters. The normalized spacial score (nSPS) is 14.0. The molecule has 1 aliphatic rings. The van der Waals surface area contributed by atoms with Crippen LogP contribution in [0.4, 0.5) is 5.69 Å². The van der Waals surface area contributed by atoms with Crippen LogP contribution in [-0.2, 0) is 14.3 Å². The van der Waals surface area contributed by atoms with Crippen molar-refractivity contribution in [1.29, 1.82) is 0 Å². The van der Waals surface area contributed by atoms with Gasteiger partial charge in [-0.3, -0.25) is 9.59 Å². The Morgan fingerprint density at radius 1 is 1.00 bits per heavy atom. The number of aliphatic hydroxyl groups is 1. The van der Waals surface area contributed by atoms with Crippen molar-refractivity contribution >= 4 is 29.0 Å². The summed E-state index contributed by atoms with van der Waals surface area (Å²) in [7, 11) is 0. The number of anilines is 1. The smallest absolute Gasteiger partial charge is 0.338 e. The van der Waals surface area contributed by atoms with E-state index in [2.05, 4.69) is 0 Å². The van der Waals surface area contributed by atoms with Crippen molar-refractivity contribution in [2.75, 3.05) is 11.5 Å². The Balaban J connectivity index is 1.81. The lowest BCUT2D eigenvalue weighted by Gasteiger charge is -2.15. The summed E-state index contributed by atoms with van der Waals surface area (Å²) in [6.45, 7) is 2.35. The van der Waals surface area contributed by atoms with E-state index >= 15 is 0 Å². The molecule has 6 heteroatoms. The van der Waals surface area contributed by atoms with Gasteiger partial charge in [-0.15, -0.1) is 0 Å². The summed E-state index contributed by atoms with van der Waals surface area (Å²) in [5.41, 5.74) is 1.03. The first kappa shape index (κ1) is 18.4. The van der Waals surface area contributed by atoms with Crippen LogP contribution in [0, 0.1) is 0 Å². The number of unbranched alkanes of at least 4 members (excludes halogenated alkanes) is 1. The van der Waals surface area contributed by atoms with Crippen molar-refractivity contribution in [1.82, 2.24) is 0 Å². The highest BCUT2D eigenvalue weighted by atomic mass is 16.5. The van der Waals surface area contributed by atoms with Crippen molar-refractivity contribution < 1.29 is 24.2 Å². The second-order valence-corrected chi connectivity index (χ2v) is 6.07.